The number of hydrogen-bond acceptors (Lipinski definition) is 8. The fraction of sp³-hybridized carbons (Fsp3) is 0.296. The highest BCUT2D eigenvalue weighted by Crippen LogP contribution is 2.34. The average molecular weight is 592 g/mol. The Morgan fingerprint density at radius 3 is 1.95 bits per heavy atom. The zero-order chi connectivity index (χ0) is 29.7. The van der Waals surface area contributed by atoms with E-state index < -0.39 is 32.5 Å². The summed E-state index contributed by atoms with van der Waals surface area (Å²) in [7, 11) is -3.87. The molecule has 0 saturated heterocycles. The third-order valence-corrected chi connectivity index (χ3v) is 9.14. The van der Waals surface area contributed by atoms with E-state index in [0.29, 0.717) is 5.75 Å². The normalized spacial score (nSPS) is 11.7. The monoisotopic (exact) mass is 591 g/mol. The number of nitrogens with one attached hydrogen (secondary N) is 2. The van der Waals surface area contributed by atoms with Gasteiger partial charge in [-0.05, 0) is 63.2 Å². The SMILES string of the molecule is COc1ccc(S(=O)(=O)NC(C)C)cc1NC(=O)CN(c1ccc(OC)c(OC)c1)S(=O)(=O)c1ccc(C)cc1. The van der Waals surface area contributed by atoms with E-state index in [-0.39, 0.29) is 38.7 Å². The molecule has 0 saturated carbocycles. The topological polar surface area (TPSA) is 140 Å². The molecule has 0 heterocycles. The van der Waals surface area contributed by atoms with Gasteiger partial charge in [0, 0.05) is 12.1 Å². The highest BCUT2D eigenvalue weighted by molar-refractivity contribution is 7.92. The van der Waals surface area contributed by atoms with E-state index in [4.69, 9.17) is 14.2 Å². The summed E-state index contributed by atoms with van der Waals surface area (Å²) >= 11 is 0. The zero-order valence-electron chi connectivity index (χ0n) is 23.1. The summed E-state index contributed by atoms with van der Waals surface area (Å²) in [6.07, 6.45) is 0. The van der Waals surface area contributed by atoms with Gasteiger partial charge in [0.25, 0.3) is 10.0 Å². The first-order valence-electron chi connectivity index (χ1n) is 12.1. The Morgan fingerprint density at radius 1 is 0.800 bits per heavy atom. The van der Waals surface area contributed by atoms with E-state index in [9.17, 15) is 21.6 Å². The molecule has 11 nitrogen and oxygen atoms in total. The molecule has 0 radical (unpaired) electrons. The van der Waals surface area contributed by atoms with Crippen LogP contribution < -0.4 is 28.6 Å². The Kier molecular flexibility index (Phi) is 9.66. The van der Waals surface area contributed by atoms with E-state index in [0.717, 1.165) is 9.87 Å². The van der Waals surface area contributed by atoms with E-state index >= 15 is 0 Å². The van der Waals surface area contributed by atoms with Crippen molar-refractivity contribution in [3.05, 3.63) is 66.2 Å². The van der Waals surface area contributed by atoms with Crippen molar-refractivity contribution in [1.82, 2.24) is 4.72 Å². The van der Waals surface area contributed by atoms with Crippen LogP contribution in [0.5, 0.6) is 17.2 Å². The van der Waals surface area contributed by atoms with E-state index in [1.807, 2.05) is 6.92 Å². The van der Waals surface area contributed by atoms with E-state index in [1.165, 1.54) is 69.9 Å². The molecule has 0 aliphatic heterocycles. The second kappa shape index (κ2) is 12.6. The summed E-state index contributed by atoms with van der Waals surface area (Å²) in [5.74, 6) is 0.0916. The number of amides is 1. The Hall–Kier alpha value is -3.81. The first kappa shape index (κ1) is 30.7. The molecule has 1 amide bonds. The largest absolute Gasteiger partial charge is 0.495 e. The van der Waals surface area contributed by atoms with Gasteiger partial charge in [-0.25, -0.2) is 21.6 Å². The van der Waals surface area contributed by atoms with Crippen LogP contribution in [0, 0.1) is 6.92 Å². The second-order valence-electron chi connectivity index (χ2n) is 9.05. The maximum absolute atomic E-state index is 13.8. The maximum atomic E-state index is 13.8. The quantitative estimate of drug-likeness (QED) is 0.326. The average Bonchev–Trinajstić information content (AvgIpc) is 2.90. The lowest BCUT2D eigenvalue weighted by molar-refractivity contribution is -0.114. The van der Waals surface area contributed by atoms with Crippen LogP contribution in [0.1, 0.15) is 19.4 Å². The van der Waals surface area contributed by atoms with Crippen LogP contribution in [-0.4, -0.2) is 56.7 Å². The van der Waals surface area contributed by atoms with Gasteiger partial charge in [0.1, 0.15) is 12.3 Å². The Bertz CT molecular complexity index is 1570. The number of anilines is 2. The fourth-order valence-corrected chi connectivity index (χ4v) is 6.47. The van der Waals surface area contributed by atoms with Crippen LogP contribution in [0.15, 0.2) is 70.5 Å². The molecule has 0 bridgehead atoms. The molecule has 2 N–H and O–H groups in total. The number of sulfonamides is 2. The molecule has 3 aromatic rings. The van der Waals surface area contributed by atoms with Crippen molar-refractivity contribution in [1.29, 1.82) is 0 Å². The number of benzene rings is 3. The molecule has 0 unspecified atom stereocenters. The molecular formula is C27H33N3O8S2. The molecule has 0 aliphatic carbocycles. The van der Waals surface area contributed by atoms with Gasteiger partial charge in [0.2, 0.25) is 15.9 Å². The predicted octanol–water partition coefficient (Wildman–Crippen LogP) is 3.54. The van der Waals surface area contributed by atoms with E-state index in [2.05, 4.69) is 10.0 Å². The minimum absolute atomic E-state index is 0.0221. The van der Waals surface area contributed by atoms with Crippen molar-refractivity contribution in [2.24, 2.45) is 0 Å². The van der Waals surface area contributed by atoms with E-state index in [1.54, 1.807) is 26.0 Å². The molecule has 0 aromatic heterocycles. The van der Waals surface area contributed by atoms with Gasteiger partial charge in [-0.3, -0.25) is 9.10 Å². The lowest BCUT2D eigenvalue weighted by Crippen LogP contribution is -2.38. The van der Waals surface area contributed by atoms with Crippen LogP contribution in [0.4, 0.5) is 11.4 Å². The standard InChI is InChI=1S/C27H33N3O8S2/c1-18(2)29-39(32,33)22-12-14-24(36-4)23(16-22)28-27(31)17-30(20-9-13-25(37-5)26(15-20)38-6)40(34,35)21-10-7-19(3)8-11-21/h7-16,18,29H,17H2,1-6H3,(H,28,31). The predicted molar refractivity (Wildman–Crippen MR) is 152 cm³/mol. The van der Waals surface area contributed by atoms with Gasteiger partial charge in [0.05, 0.1) is 42.5 Å². The number of hydrogen-bond donors (Lipinski definition) is 2. The summed E-state index contributed by atoms with van der Waals surface area (Å²) < 4.78 is 72.2. The van der Waals surface area contributed by atoms with Crippen LogP contribution in [0.2, 0.25) is 0 Å². The number of rotatable bonds is 12. The molecule has 216 valence electrons. The number of carbonyl (C=O) groups is 1. The number of carbonyl (C=O) groups excluding carboxylic acids is 1. The van der Waals surface area contributed by atoms with Crippen LogP contribution in [0.3, 0.4) is 0 Å². The van der Waals surface area contributed by atoms with Gasteiger partial charge in [-0.15, -0.1) is 0 Å². The number of ether oxygens (including phenoxy) is 3. The molecular weight excluding hydrogens is 558 g/mol. The second-order valence-corrected chi connectivity index (χ2v) is 12.6. The van der Waals surface area contributed by atoms with Crippen molar-refractivity contribution >= 4 is 37.3 Å². The molecule has 0 aliphatic rings. The van der Waals surface area contributed by atoms with Gasteiger partial charge in [-0.2, -0.15) is 0 Å². The zero-order valence-corrected chi connectivity index (χ0v) is 24.7. The lowest BCUT2D eigenvalue weighted by Gasteiger charge is -2.25. The highest BCUT2D eigenvalue weighted by atomic mass is 32.2. The lowest BCUT2D eigenvalue weighted by atomic mass is 10.2. The minimum atomic E-state index is -4.22. The summed E-state index contributed by atoms with van der Waals surface area (Å²) in [6.45, 7) is 4.55. The van der Waals surface area contributed by atoms with Crippen molar-refractivity contribution in [3.8, 4) is 17.2 Å². The number of methoxy groups -OCH3 is 3. The third kappa shape index (κ3) is 7.03. The molecule has 0 spiro atoms. The van der Waals surface area contributed by atoms with Crippen molar-refractivity contribution < 1.29 is 35.8 Å². The molecule has 0 fully saturated rings. The summed E-state index contributed by atoms with van der Waals surface area (Å²) in [5, 5.41) is 2.59. The fourth-order valence-electron chi connectivity index (χ4n) is 3.78. The molecule has 3 aromatic carbocycles. The molecule has 0 atom stereocenters. The smallest absolute Gasteiger partial charge is 0.264 e. The first-order chi connectivity index (χ1) is 18.8. The van der Waals surface area contributed by atoms with Crippen molar-refractivity contribution in [2.75, 3.05) is 37.5 Å². The maximum Gasteiger partial charge on any atom is 0.264 e. The Morgan fingerprint density at radius 2 is 1.38 bits per heavy atom. The number of aryl methyl sites for hydroxylation is 1. The Balaban J connectivity index is 2.03. The highest BCUT2D eigenvalue weighted by Gasteiger charge is 2.29. The molecule has 40 heavy (non-hydrogen) atoms. The summed E-state index contributed by atoms with van der Waals surface area (Å²) in [6, 6.07) is 14.3. The Labute approximate surface area is 235 Å². The van der Waals surface area contributed by atoms with Gasteiger partial charge in [0.15, 0.2) is 11.5 Å². The van der Waals surface area contributed by atoms with Gasteiger partial charge >= 0.3 is 0 Å². The van der Waals surface area contributed by atoms with Crippen molar-refractivity contribution in [3.63, 3.8) is 0 Å². The summed E-state index contributed by atoms with van der Waals surface area (Å²) in [4.78, 5) is 13.2. The molecule has 3 rings (SSSR count). The third-order valence-electron chi connectivity index (χ3n) is 5.70. The van der Waals surface area contributed by atoms with Crippen LogP contribution >= 0.6 is 0 Å². The first-order valence-corrected chi connectivity index (χ1v) is 15.1. The van der Waals surface area contributed by atoms with Gasteiger partial charge < -0.3 is 19.5 Å². The minimum Gasteiger partial charge on any atom is -0.495 e. The number of nitrogens with zero attached hydrogens (tertiary/aromatic N) is 1. The van der Waals surface area contributed by atoms with Gasteiger partial charge in [-0.1, -0.05) is 17.7 Å². The van der Waals surface area contributed by atoms with Crippen LogP contribution in [-0.2, 0) is 24.8 Å². The van der Waals surface area contributed by atoms with Crippen molar-refractivity contribution in [2.45, 2.75) is 36.6 Å². The summed E-state index contributed by atoms with van der Waals surface area (Å²) in [5.41, 5.74) is 1.07. The van der Waals surface area contributed by atoms with Crippen LogP contribution in [0.25, 0.3) is 0 Å². The molecule has 13 heteroatoms.